The van der Waals surface area contributed by atoms with Crippen molar-refractivity contribution in [2.75, 3.05) is 20.2 Å². The Balaban J connectivity index is 2.35. The van der Waals surface area contributed by atoms with E-state index in [-0.39, 0.29) is 6.03 Å². The van der Waals surface area contributed by atoms with Gasteiger partial charge in [0.25, 0.3) is 0 Å². The number of hydrogen-bond acceptors (Lipinski definition) is 5. The molecule has 0 aliphatic heterocycles. The van der Waals surface area contributed by atoms with E-state index in [2.05, 4.69) is 27.3 Å². The van der Waals surface area contributed by atoms with Crippen LogP contribution >= 0.6 is 11.3 Å². The number of nitrogens with zero attached hydrogens (tertiary/aromatic N) is 1. The van der Waals surface area contributed by atoms with Crippen molar-refractivity contribution in [1.82, 2.24) is 15.6 Å². The van der Waals surface area contributed by atoms with Gasteiger partial charge >= 0.3 is 12.0 Å². The first-order valence-electron chi connectivity index (χ1n) is 6.64. The molecule has 0 saturated carbocycles. The molecule has 0 radical (unpaired) electrons. The molecule has 0 aromatic carbocycles. The Kier molecular flexibility index (Phi) is 7.00. The normalized spacial score (nSPS) is 10.2. The van der Waals surface area contributed by atoms with Crippen molar-refractivity contribution >= 4 is 23.3 Å². The molecular formula is C13H21N3O3S. The molecule has 7 heteroatoms. The average molecular weight is 299 g/mol. The van der Waals surface area contributed by atoms with Crippen LogP contribution in [-0.2, 0) is 11.2 Å². The monoisotopic (exact) mass is 299 g/mol. The summed E-state index contributed by atoms with van der Waals surface area (Å²) in [6.07, 6.45) is 2.63. The van der Waals surface area contributed by atoms with Crippen LogP contribution in [0.15, 0.2) is 0 Å². The SMILES string of the molecule is CCCCNC(=O)NCCc1nc(C(=O)OC)c(C)s1. The molecule has 2 N–H and O–H groups in total. The van der Waals surface area contributed by atoms with Gasteiger partial charge in [0.15, 0.2) is 5.69 Å². The Labute approximate surface area is 122 Å². The molecule has 0 aliphatic carbocycles. The van der Waals surface area contributed by atoms with E-state index in [1.807, 2.05) is 6.92 Å². The van der Waals surface area contributed by atoms with Crippen molar-refractivity contribution in [2.24, 2.45) is 0 Å². The number of aryl methyl sites for hydroxylation is 1. The molecule has 0 aliphatic rings. The first kappa shape index (κ1) is 16.4. The highest BCUT2D eigenvalue weighted by Gasteiger charge is 2.15. The fourth-order valence-corrected chi connectivity index (χ4v) is 2.49. The van der Waals surface area contributed by atoms with E-state index in [0.717, 1.165) is 22.7 Å². The van der Waals surface area contributed by atoms with Gasteiger partial charge in [-0.25, -0.2) is 14.6 Å². The number of methoxy groups -OCH3 is 1. The van der Waals surface area contributed by atoms with E-state index in [0.29, 0.717) is 25.2 Å². The van der Waals surface area contributed by atoms with Gasteiger partial charge < -0.3 is 15.4 Å². The number of carbonyl (C=O) groups is 2. The van der Waals surface area contributed by atoms with E-state index in [4.69, 9.17) is 0 Å². The van der Waals surface area contributed by atoms with E-state index >= 15 is 0 Å². The van der Waals surface area contributed by atoms with Gasteiger partial charge in [-0.2, -0.15) is 0 Å². The van der Waals surface area contributed by atoms with Gasteiger partial charge in [0.05, 0.1) is 12.1 Å². The first-order valence-corrected chi connectivity index (χ1v) is 7.46. The molecule has 0 spiro atoms. The van der Waals surface area contributed by atoms with Crippen molar-refractivity contribution in [1.29, 1.82) is 0 Å². The zero-order valence-corrected chi connectivity index (χ0v) is 12.9. The molecule has 1 heterocycles. The summed E-state index contributed by atoms with van der Waals surface area (Å²) in [6.45, 7) is 5.08. The molecule has 2 amide bonds. The van der Waals surface area contributed by atoms with E-state index in [9.17, 15) is 9.59 Å². The number of thiazole rings is 1. The summed E-state index contributed by atoms with van der Waals surface area (Å²) >= 11 is 1.45. The van der Waals surface area contributed by atoms with Gasteiger partial charge in [-0.05, 0) is 13.3 Å². The fourth-order valence-electron chi connectivity index (χ4n) is 1.57. The van der Waals surface area contributed by atoms with Crippen LogP contribution in [0.2, 0.25) is 0 Å². The Bertz CT molecular complexity index is 460. The number of urea groups is 1. The number of nitrogens with one attached hydrogen (secondary N) is 2. The minimum Gasteiger partial charge on any atom is -0.464 e. The lowest BCUT2D eigenvalue weighted by Gasteiger charge is -2.05. The summed E-state index contributed by atoms with van der Waals surface area (Å²) in [5, 5.41) is 6.35. The maximum absolute atomic E-state index is 11.4. The molecule has 1 aromatic heterocycles. The Morgan fingerprint density at radius 2 is 2.00 bits per heavy atom. The van der Waals surface area contributed by atoms with Crippen LogP contribution in [0.5, 0.6) is 0 Å². The van der Waals surface area contributed by atoms with Crippen LogP contribution in [0.4, 0.5) is 4.79 Å². The van der Waals surface area contributed by atoms with Crippen LogP contribution in [0.25, 0.3) is 0 Å². The van der Waals surface area contributed by atoms with Crippen molar-refractivity contribution in [3.05, 3.63) is 15.6 Å². The predicted molar refractivity (Wildman–Crippen MR) is 78.2 cm³/mol. The quantitative estimate of drug-likeness (QED) is 0.595. The van der Waals surface area contributed by atoms with Crippen LogP contribution in [-0.4, -0.2) is 37.2 Å². The maximum Gasteiger partial charge on any atom is 0.357 e. The molecule has 0 fully saturated rings. The number of amides is 2. The first-order chi connectivity index (χ1) is 9.58. The number of esters is 1. The zero-order valence-electron chi connectivity index (χ0n) is 12.1. The highest BCUT2D eigenvalue weighted by molar-refractivity contribution is 7.11. The van der Waals surface area contributed by atoms with Crippen LogP contribution < -0.4 is 10.6 Å². The van der Waals surface area contributed by atoms with E-state index in [1.165, 1.54) is 18.4 Å². The van der Waals surface area contributed by atoms with Crippen LogP contribution in [0.1, 0.15) is 40.1 Å². The summed E-state index contributed by atoms with van der Waals surface area (Å²) in [4.78, 5) is 27.9. The average Bonchev–Trinajstić information content (AvgIpc) is 2.79. The van der Waals surface area contributed by atoms with Gasteiger partial charge in [0.1, 0.15) is 0 Å². The number of ether oxygens (including phenoxy) is 1. The van der Waals surface area contributed by atoms with Crippen molar-refractivity contribution < 1.29 is 14.3 Å². The van der Waals surface area contributed by atoms with Gasteiger partial charge in [0.2, 0.25) is 0 Å². The van der Waals surface area contributed by atoms with Crippen LogP contribution in [0.3, 0.4) is 0 Å². The highest BCUT2D eigenvalue weighted by atomic mass is 32.1. The lowest BCUT2D eigenvalue weighted by molar-refractivity contribution is 0.0594. The smallest absolute Gasteiger partial charge is 0.357 e. The molecule has 6 nitrogen and oxygen atoms in total. The van der Waals surface area contributed by atoms with Gasteiger partial charge in [-0.15, -0.1) is 11.3 Å². The van der Waals surface area contributed by atoms with Gasteiger partial charge in [-0.1, -0.05) is 13.3 Å². The van der Waals surface area contributed by atoms with Crippen molar-refractivity contribution in [3.63, 3.8) is 0 Å². The topological polar surface area (TPSA) is 80.3 Å². The molecule has 1 rings (SSSR count). The molecule has 1 aromatic rings. The second-order valence-electron chi connectivity index (χ2n) is 4.29. The Morgan fingerprint density at radius 3 is 2.65 bits per heavy atom. The molecule has 0 saturated heterocycles. The standard InChI is InChI=1S/C13H21N3O3S/c1-4-5-7-14-13(18)15-8-6-10-16-11(9(2)20-10)12(17)19-3/h4-8H2,1-3H3,(H2,14,15,18). The summed E-state index contributed by atoms with van der Waals surface area (Å²) in [5.41, 5.74) is 0.361. The number of carbonyl (C=O) groups excluding carboxylic acids is 2. The van der Waals surface area contributed by atoms with Crippen molar-refractivity contribution in [2.45, 2.75) is 33.1 Å². The predicted octanol–water partition coefficient (Wildman–Crippen LogP) is 1.88. The Morgan fingerprint density at radius 1 is 1.30 bits per heavy atom. The minimum atomic E-state index is -0.421. The summed E-state index contributed by atoms with van der Waals surface area (Å²) in [5.74, 6) is -0.421. The molecule has 0 unspecified atom stereocenters. The molecule has 0 atom stereocenters. The minimum absolute atomic E-state index is 0.167. The zero-order chi connectivity index (χ0) is 15.0. The summed E-state index contributed by atoms with van der Waals surface area (Å²) < 4.78 is 4.65. The third-order valence-electron chi connectivity index (χ3n) is 2.66. The number of hydrogen-bond donors (Lipinski definition) is 2. The lowest BCUT2D eigenvalue weighted by Crippen LogP contribution is -2.37. The number of aromatic nitrogens is 1. The second-order valence-corrected chi connectivity index (χ2v) is 5.58. The van der Waals surface area contributed by atoms with Crippen LogP contribution in [0, 0.1) is 6.92 Å². The second kappa shape index (κ2) is 8.52. The summed E-state index contributed by atoms with van der Waals surface area (Å²) in [6, 6.07) is -0.167. The fraction of sp³-hybridized carbons (Fsp3) is 0.615. The molecule has 20 heavy (non-hydrogen) atoms. The third kappa shape index (κ3) is 5.16. The Hall–Kier alpha value is -1.63. The van der Waals surface area contributed by atoms with Gasteiger partial charge in [-0.3, -0.25) is 0 Å². The molecule has 0 bridgehead atoms. The number of unbranched alkanes of at least 4 members (excludes halogenated alkanes) is 1. The lowest BCUT2D eigenvalue weighted by atomic mass is 10.3. The third-order valence-corrected chi connectivity index (χ3v) is 3.69. The number of rotatable bonds is 7. The summed E-state index contributed by atoms with van der Waals surface area (Å²) in [7, 11) is 1.34. The maximum atomic E-state index is 11.4. The highest BCUT2D eigenvalue weighted by Crippen LogP contribution is 2.18. The van der Waals surface area contributed by atoms with E-state index in [1.54, 1.807) is 0 Å². The van der Waals surface area contributed by atoms with E-state index < -0.39 is 5.97 Å². The molecular weight excluding hydrogens is 278 g/mol. The van der Waals surface area contributed by atoms with Gasteiger partial charge in [0, 0.05) is 24.4 Å². The van der Waals surface area contributed by atoms with Crippen molar-refractivity contribution in [3.8, 4) is 0 Å². The largest absolute Gasteiger partial charge is 0.464 e. The molecule has 112 valence electrons.